The molecule has 0 amide bonds. The third-order valence-electron chi connectivity index (χ3n) is 1.98. The van der Waals surface area contributed by atoms with Gasteiger partial charge in [-0.05, 0) is 5.56 Å². The lowest BCUT2D eigenvalue weighted by Crippen LogP contribution is -2.23. The highest BCUT2D eigenvalue weighted by Crippen LogP contribution is 2.15. The van der Waals surface area contributed by atoms with E-state index in [4.69, 9.17) is 0 Å². The fourth-order valence-electron chi connectivity index (χ4n) is 1.33. The Hall–Kier alpha value is -0.910. The molecule has 1 atom stereocenters. The molecule has 13 heavy (non-hydrogen) atoms. The number of nitrogens with one attached hydrogen (secondary N) is 2. The average Bonchev–Trinajstić information content (AvgIpc) is 2.48. The van der Waals surface area contributed by atoms with Crippen LogP contribution in [0.1, 0.15) is 11.6 Å². The molecule has 5 heteroatoms. The highest BCUT2D eigenvalue weighted by molar-refractivity contribution is 7.87. The zero-order valence-electron chi connectivity index (χ0n) is 6.90. The van der Waals surface area contributed by atoms with E-state index in [9.17, 15) is 8.42 Å². The van der Waals surface area contributed by atoms with Gasteiger partial charge in [-0.25, -0.2) is 4.72 Å². The van der Waals surface area contributed by atoms with Crippen LogP contribution >= 0.6 is 0 Å². The summed E-state index contributed by atoms with van der Waals surface area (Å²) >= 11 is 0. The van der Waals surface area contributed by atoms with Crippen LogP contribution in [-0.2, 0) is 10.2 Å². The predicted molar refractivity (Wildman–Crippen MR) is 49.2 cm³/mol. The second-order valence-electron chi connectivity index (χ2n) is 2.93. The third kappa shape index (κ3) is 1.88. The lowest BCUT2D eigenvalue weighted by molar-refractivity contribution is 0.583. The Labute approximate surface area is 77.2 Å². The summed E-state index contributed by atoms with van der Waals surface area (Å²) in [5.74, 6) is 0. The van der Waals surface area contributed by atoms with Crippen LogP contribution < -0.4 is 9.44 Å². The van der Waals surface area contributed by atoms with E-state index in [1.165, 1.54) is 0 Å². The number of hydrogen-bond donors (Lipinski definition) is 2. The summed E-state index contributed by atoms with van der Waals surface area (Å²) in [6.07, 6.45) is 0. The van der Waals surface area contributed by atoms with Gasteiger partial charge in [0.2, 0.25) is 0 Å². The standard InChI is InChI=1S/C8H10N2O2S/c11-13(12)9-6-8(10-13)7-4-2-1-3-5-7/h1-5,8-10H,6H2/t8-/m0/s1. The molecule has 1 aromatic carbocycles. The van der Waals surface area contributed by atoms with Gasteiger partial charge in [-0.3, -0.25) is 0 Å². The molecule has 70 valence electrons. The smallest absolute Gasteiger partial charge is 0.200 e. The molecule has 0 aromatic heterocycles. The molecule has 0 saturated carbocycles. The van der Waals surface area contributed by atoms with Gasteiger partial charge in [0.15, 0.2) is 0 Å². The van der Waals surface area contributed by atoms with Crippen molar-refractivity contribution in [3.05, 3.63) is 35.9 Å². The van der Waals surface area contributed by atoms with Gasteiger partial charge in [-0.1, -0.05) is 30.3 Å². The van der Waals surface area contributed by atoms with E-state index >= 15 is 0 Å². The first-order chi connectivity index (χ1) is 6.17. The second kappa shape index (κ2) is 3.10. The van der Waals surface area contributed by atoms with Gasteiger partial charge in [0, 0.05) is 6.54 Å². The summed E-state index contributed by atoms with van der Waals surface area (Å²) in [4.78, 5) is 0. The Morgan fingerprint density at radius 2 is 1.92 bits per heavy atom. The van der Waals surface area contributed by atoms with E-state index in [0.29, 0.717) is 6.54 Å². The van der Waals surface area contributed by atoms with Crippen molar-refractivity contribution in [1.29, 1.82) is 0 Å². The molecule has 1 saturated heterocycles. The van der Waals surface area contributed by atoms with Crippen LogP contribution in [0, 0.1) is 0 Å². The van der Waals surface area contributed by atoms with E-state index in [1.54, 1.807) is 0 Å². The number of hydrogen-bond acceptors (Lipinski definition) is 2. The minimum absolute atomic E-state index is 0.133. The molecule has 1 fully saturated rings. The molecule has 4 nitrogen and oxygen atoms in total. The molecule has 2 N–H and O–H groups in total. The Bertz CT molecular complexity index is 388. The molecule has 1 aliphatic rings. The molecular formula is C8H10N2O2S. The van der Waals surface area contributed by atoms with E-state index in [0.717, 1.165) is 5.56 Å². The van der Waals surface area contributed by atoms with E-state index < -0.39 is 10.2 Å². The first kappa shape index (κ1) is 8.68. The maximum atomic E-state index is 11.0. The fraction of sp³-hybridized carbons (Fsp3) is 0.250. The summed E-state index contributed by atoms with van der Waals surface area (Å²) in [7, 11) is -3.24. The summed E-state index contributed by atoms with van der Waals surface area (Å²) in [5, 5.41) is 0. The van der Waals surface area contributed by atoms with Crippen molar-refractivity contribution < 1.29 is 8.42 Å². The average molecular weight is 198 g/mol. The van der Waals surface area contributed by atoms with Gasteiger partial charge < -0.3 is 0 Å². The summed E-state index contributed by atoms with van der Waals surface area (Å²) in [5.41, 5.74) is 0.982. The highest BCUT2D eigenvalue weighted by Gasteiger charge is 2.26. The molecule has 1 aliphatic heterocycles. The molecule has 0 spiro atoms. The lowest BCUT2D eigenvalue weighted by Gasteiger charge is -2.06. The number of benzene rings is 1. The van der Waals surface area contributed by atoms with E-state index in [1.807, 2.05) is 30.3 Å². The van der Waals surface area contributed by atoms with Crippen molar-refractivity contribution in [2.75, 3.05) is 6.54 Å². The molecule has 1 aromatic rings. The van der Waals surface area contributed by atoms with Crippen molar-refractivity contribution >= 4 is 10.2 Å². The third-order valence-corrected chi connectivity index (χ3v) is 3.12. The van der Waals surface area contributed by atoms with E-state index in [-0.39, 0.29) is 6.04 Å². The van der Waals surface area contributed by atoms with Crippen molar-refractivity contribution in [3.8, 4) is 0 Å². The van der Waals surface area contributed by atoms with Crippen LogP contribution in [0.2, 0.25) is 0 Å². The number of rotatable bonds is 1. The van der Waals surface area contributed by atoms with Gasteiger partial charge in [0.05, 0.1) is 6.04 Å². The SMILES string of the molecule is O=S1(=O)NC[C@@H](c2ccccc2)N1. The topological polar surface area (TPSA) is 58.2 Å². The quantitative estimate of drug-likeness (QED) is 0.675. The van der Waals surface area contributed by atoms with Gasteiger partial charge in [0.25, 0.3) is 10.2 Å². The summed E-state index contributed by atoms with van der Waals surface area (Å²) in [6, 6.07) is 9.36. The minimum atomic E-state index is -3.24. The maximum absolute atomic E-state index is 11.0. The molecule has 0 bridgehead atoms. The maximum Gasteiger partial charge on any atom is 0.277 e. The van der Waals surface area contributed by atoms with Crippen LogP contribution in [0.25, 0.3) is 0 Å². The molecule has 0 aliphatic carbocycles. The van der Waals surface area contributed by atoms with Gasteiger partial charge in [-0.2, -0.15) is 13.1 Å². The largest absolute Gasteiger partial charge is 0.277 e. The van der Waals surface area contributed by atoms with Gasteiger partial charge in [-0.15, -0.1) is 0 Å². The molecule has 0 unspecified atom stereocenters. The van der Waals surface area contributed by atoms with Crippen LogP contribution in [0.3, 0.4) is 0 Å². The lowest BCUT2D eigenvalue weighted by atomic mass is 10.1. The zero-order valence-corrected chi connectivity index (χ0v) is 7.71. The summed E-state index contributed by atoms with van der Waals surface area (Å²) in [6.45, 7) is 0.423. The first-order valence-electron chi connectivity index (χ1n) is 3.99. The Balaban J connectivity index is 2.22. The van der Waals surface area contributed by atoms with Crippen LogP contribution in [0.5, 0.6) is 0 Å². The van der Waals surface area contributed by atoms with Crippen molar-refractivity contribution in [2.45, 2.75) is 6.04 Å². The monoisotopic (exact) mass is 198 g/mol. The summed E-state index contributed by atoms with van der Waals surface area (Å²) < 4.78 is 26.9. The normalized spacial score (nSPS) is 26.0. The molecule has 2 rings (SSSR count). The van der Waals surface area contributed by atoms with Gasteiger partial charge in [0.1, 0.15) is 0 Å². The van der Waals surface area contributed by atoms with Crippen molar-refractivity contribution in [2.24, 2.45) is 0 Å². The molecule has 0 radical (unpaired) electrons. The van der Waals surface area contributed by atoms with Crippen molar-refractivity contribution in [3.63, 3.8) is 0 Å². The predicted octanol–water partition coefficient (Wildman–Crippen LogP) is 0.165. The Morgan fingerprint density at radius 1 is 1.23 bits per heavy atom. The highest BCUT2D eigenvalue weighted by atomic mass is 32.2. The van der Waals surface area contributed by atoms with E-state index in [2.05, 4.69) is 9.44 Å². The fourth-order valence-corrected chi connectivity index (χ4v) is 2.40. The molecular weight excluding hydrogens is 188 g/mol. The van der Waals surface area contributed by atoms with Crippen molar-refractivity contribution in [1.82, 2.24) is 9.44 Å². The van der Waals surface area contributed by atoms with Crippen LogP contribution in [0.4, 0.5) is 0 Å². The van der Waals surface area contributed by atoms with Crippen LogP contribution in [-0.4, -0.2) is 15.0 Å². The van der Waals surface area contributed by atoms with Crippen LogP contribution in [0.15, 0.2) is 30.3 Å². The zero-order chi connectivity index (χ0) is 9.31. The Morgan fingerprint density at radius 3 is 2.46 bits per heavy atom. The van der Waals surface area contributed by atoms with Gasteiger partial charge >= 0.3 is 0 Å². The first-order valence-corrected chi connectivity index (χ1v) is 5.47. The minimum Gasteiger partial charge on any atom is -0.200 e. The Kier molecular flexibility index (Phi) is 2.07. The second-order valence-corrected chi connectivity index (χ2v) is 4.46. The molecule has 1 heterocycles.